The van der Waals surface area contributed by atoms with E-state index in [0.717, 1.165) is 50.6 Å². The van der Waals surface area contributed by atoms with E-state index in [-0.39, 0.29) is 6.10 Å². The van der Waals surface area contributed by atoms with Crippen molar-refractivity contribution in [3.05, 3.63) is 11.8 Å². The second-order valence-corrected chi connectivity index (χ2v) is 7.92. The molecule has 1 aromatic heterocycles. The average Bonchev–Trinajstić information content (AvgIpc) is 3.05. The Morgan fingerprint density at radius 2 is 2.08 bits per heavy atom. The first kappa shape index (κ1) is 18.3. The van der Waals surface area contributed by atoms with Gasteiger partial charge in [0.2, 0.25) is 5.95 Å². The standard InChI is InChI=1S/C18H29N5OS/c1-12-7-13(2)11-23(10-12)16-8-14(3)20-17(21-16)22-18(25)19-9-15-5-4-6-24-15/h8,12-13,15H,4-7,9-11H2,1-3H3,(H2,19,20,21,22,25)/t12-,13-,15+/m1/s1. The van der Waals surface area contributed by atoms with Crippen LogP contribution in [-0.2, 0) is 4.74 Å². The Hall–Kier alpha value is -1.47. The number of anilines is 2. The predicted octanol–water partition coefficient (Wildman–Crippen LogP) is 2.73. The molecule has 2 aliphatic heterocycles. The fourth-order valence-corrected chi connectivity index (χ4v) is 3.95. The van der Waals surface area contributed by atoms with Crippen LogP contribution >= 0.6 is 12.2 Å². The van der Waals surface area contributed by atoms with E-state index in [2.05, 4.69) is 40.4 Å². The van der Waals surface area contributed by atoms with Gasteiger partial charge in [-0.3, -0.25) is 0 Å². The third-order valence-corrected chi connectivity index (χ3v) is 5.02. The highest BCUT2D eigenvalue weighted by atomic mass is 32.1. The molecule has 3 heterocycles. The molecule has 138 valence electrons. The normalized spacial score (nSPS) is 26.5. The minimum absolute atomic E-state index is 0.255. The molecule has 0 saturated carbocycles. The summed E-state index contributed by atoms with van der Waals surface area (Å²) >= 11 is 5.38. The maximum Gasteiger partial charge on any atom is 0.231 e. The summed E-state index contributed by atoms with van der Waals surface area (Å²) in [6.07, 6.45) is 3.75. The Bertz CT molecular complexity index is 595. The molecule has 6 nitrogen and oxygen atoms in total. The van der Waals surface area contributed by atoms with Crippen molar-refractivity contribution in [3.63, 3.8) is 0 Å². The Kier molecular flexibility index (Phi) is 6.06. The van der Waals surface area contributed by atoms with Gasteiger partial charge in [-0.1, -0.05) is 13.8 Å². The van der Waals surface area contributed by atoms with Gasteiger partial charge in [-0.05, 0) is 50.2 Å². The Morgan fingerprint density at radius 1 is 1.32 bits per heavy atom. The minimum atomic E-state index is 0.255. The zero-order valence-electron chi connectivity index (χ0n) is 15.4. The first-order chi connectivity index (χ1) is 12.0. The summed E-state index contributed by atoms with van der Waals surface area (Å²) in [6, 6.07) is 2.05. The molecule has 25 heavy (non-hydrogen) atoms. The van der Waals surface area contributed by atoms with E-state index in [4.69, 9.17) is 21.9 Å². The van der Waals surface area contributed by atoms with Crippen LogP contribution in [0.1, 0.15) is 38.8 Å². The van der Waals surface area contributed by atoms with Crippen LogP contribution in [0.2, 0.25) is 0 Å². The zero-order chi connectivity index (χ0) is 17.8. The molecule has 0 unspecified atom stereocenters. The molecular formula is C18H29N5OS. The van der Waals surface area contributed by atoms with Crippen molar-refractivity contribution in [3.8, 4) is 0 Å². The quantitative estimate of drug-likeness (QED) is 0.798. The number of aryl methyl sites for hydroxylation is 1. The van der Waals surface area contributed by atoms with Crippen molar-refractivity contribution in [2.24, 2.45) is 11.8 Å². The summed E-state index contributed by atoms with van der Waals surface area (Å²) in [4.78, 5) is 11.5. The van der Waals surface area contributed by atoms with E-state index in [1.165, 1.54) is 6.42 Å². The van der Waals surface area contributed by atoms with Crippen LogP contribution in [0.25, 0.3) is 0 Å². The van der Waals surface area contributed by atoms with Crippen molar-refractivity contribution in [2.75, 3.05) is 36.5 Å². The maximum atomic E-state index is 5.60. The highest BCUT2D eigenvalue weighted by molar-refractivity contribution is 7.80. The highest BCUT2D eigenvalue weighted by Crippen LogP contribution is 2.26. The molecule has 2 N–H and O–H groups in total. The van der Waals surface area contributed by atoms with Crippen LogP contribution in [-0.4, -0.2) is 47.4 Å². The summed E-state index contributed by atoms with van der Waals surface area (Å²) in [5, 5.41) is 6.88. The topological polar surface area (TPSA) is 62.3 Å². The zero-order valence-corrected chi connectivity index (χ0v) is 16.2. The molecular weight excluding hydrogens is 334 g/mol. The smallest absolute Gasteiger partial charge is 0.231 e. The number of aromatic nitrogens is 2. The molecule has 0 amide bonds. The third kappa shape index (κ3) is 5.25. The number of nitrogens with zero attached hydrogens (tertiary/aromatic N) is 3. The van der Waals surface area contributed by atoms with Crippen molar-refractivity contribution < 1.29 is 4.74 Å². The van der Waals surface area contributed by atoms with Gasteiger partial charge in [0, 0.05) is 38.0 Å². The largest absolute Gasteiger partial charge is 0.376 e. The van der Waals surface area contributed by atoms with E-state index in [9.17, 15) is 0 Å². The summed E-state index contributed by atoms with van der Waals surface area (Å²) < 4.78 is 5.60. The first-order valence-corrected chi connectivity index (χ1v) is 9.67. The summed E-state index contributed by atoms with van der Waals surface area (Å²) in [7, 11) is 0. The van der Waals surface area contributed by atoms with Gasteiger partial charge in [-0.2, -0.15) is 4.98 Å². The van der Waals surface area contributed by atoms with Gasteiger partial charge in [-0.15, -0.1) is 0 Å². The number of thiocarbonyl (C=S) groups is 1. The SMILES string of the molecule is Cc1cc(N2C[C@H](C)C[C@@H](C)C2)nc(NC(=S)NC[C@@H]2CCCO2)n1. The van der Waals surface area contributed by atoms with E-state index < -0.39 is 0 Å². The lowest BCUT2D eigenvalue weighted by atomic mass is 9.92. The third-order valence-electron chi connectivity index (χ3n) is 4.77. The summed E-state index contributed by atoms with van der Waals surface area (Å²) in [5.74, 6) is 2.91. The van der Waals surface area contributed by atoms with E-state index in [1.807, 2.05) is 6.92 Å². The molecule has 1 aromatic rings. The molecule has 7 heteroatoms. The number of hydrogen-bond acceptors (Lipinski definition) is 5. The Labute approximate surface area is 155 Å². The van der Waals surface area contributed by atoms with Gasteiger partial charge in [0.1, 0.15) is 5.82 Å². The van der Waals surface area contributed by atoms with E-state index in [1.54, 1.807) is 0 Å². The maximum absolute atomic E-state index is 5.60. The molecule has 3 rings (SSSR count). The van der Waals surface area contributed by atoms with Crippen LogP contribution in [0.4, 0.5) is 11.8 Å². The molecule has 0 aromatic carbocycles. The van der Waals surface area contributed by atoms with Gasteiger partial charge in [0.15, 0.2) is 5.11 Å². The minimum Gasteiger partial charge on any atom is -0.376 e. The molecule has 3 atom stereocenters. The van der Waals surface area contributed by atoms with Gasteiger partial charge in [0.05, 0.1) is 6.10 Å². The fourth-order valence-electron chi connectivity index (χ4n) is 3.78. The lowest BCUT2D eigenvalue weighted by molar-refractivity contribution is 0.114. The summed E-state index contributed by atoms with van der Waals surface area (Å²) in [5.41, 5.74) is 0.945. The van der Waals surface area contributed by atoms with Crippen molar-refractivity contribution >= 4 is 29.1 Å². The average molecular weight is 364 g/mol. The van der Waals surface area contributed by atoms with Crippen LogP contribution < -0.4 is 15.5 Å². The number of hydrogen-bond donors (Lipinski definition) is 2. The van der Waals surface area contributed by atoms with Crippen LogP contribution in [0.3, 0.4) is 0 Å². The van der Waals surface area contributed by atoms with E-state index >= 15 is 0 Å². The molecule has 0 aliphatic carbocycles. The second kappa shape index (κ2) is 8.27. The molecule has 0 bridgehead atoms. The molecule has 0 radical (unpaired) electrons. The van der Waals surface area contributed by atoms with Crippen LogP contribution in [0.15, 0.2) is 6.07 Å². The molecule has 2 aliphatic rings. The van der Waals surface area contributed by atoms with Gasteiger partial charge < -0.3 is 20.3 Å². The number of ether oxygens (including phenoxy) is 1. The highest BCUT2D eigenvalue weighted by Gasteiger charge is 2.23. The molecule has 0 spiro atoms. The van der Waals surface area contributed by atoms with Crippen LogP contribution in [0.5, 0.6) is 0 Å². The summed E-state index contributed by atoms with van der Waals surface area (Å²) in [6.45, 7) is 10.3. The van der Waals surface area contributed by atoms with Gasteiger partial charge >= 0.3 is 0 Å². The predicted molar refractivity (Wildman–Crippen MR) is 105 cm³/mol. The number of rotatable bonds is 4. The lowest BCUT2D eigenvalue weighted by Crippen LogP contribution is -2.39. The van der Waals surface area contributed by atoms with Gasteiger partial charge in [0.25, 0.3) is 0 Å². The Balaban J connectivity index is 1.61. The van der Waals surface area contributed by atoms with Crippen molar-refractivity contribution in [2.45, 2.75) is 46.1 Å². The molecule has 2 saturated heterocycles. The number of nitrogens with one attached hydrogen (secondary N) is 2. The van der Waals surface area contributed by atoms with Crippen LogP contribution in [0, 0.1) is 18.8 Å². The number of piperidine rings is 1. The van der Waals surface area contributed by atoms with Crippen molar-refractivity contribution in [1.82, 2.24) is 15.3 Å². The van der Waals surface area contributed by atoms with Crippen molar-refractivity contribution in [1.29, 1.82) is 0 Å². The van der Waals surface area contributed by atoms with Gasteiger partial charge in [-0.25, -0.2) is 4.98 Å². The fraction of sp³-hybridized carbons (Fsp3) is 0.722. The second-order valence-electron chi connectivity index (χ2n) is 7.51. The molecule has 2 fully saturated rings. The Morgan fingerprint density at radius 3 is 2.76 bits per heavy atom. The lowest BCUT2D eigenvalue weighted by Gasteiger charge is -2.36. The first-order valence-electron chi connectivity index (χ1n) is 9.26. The monoisotopic (exact) mass is 363 g/mol. The van der Waals surface area contributed by atoms with E-state index in [0.29, 0.717) is 22.9 Å².